The molecule has 88 valence electrons. The van der Waals surface area contributed by atoms with E-state index in [1.165, 1.54) is 32.1 Å². The van der Waals surface area contributed by atoms with Crippen molar-refractivity contribution < 1.29 is 5.11 Å². The predicted octanol–water partition coefficient (Wildman–Crippen LogP) is 3.47. The molecule has 2 unspecified atom stereocenters. The van der Waals surface area contributed by atoms with Crippen molar-refractivity contribution in [2.45, 2.75) is 52.9 Å². The molecule has 5 atom stereocenters. The summed E-state index contributed by atoms with van der Waals surface area (Å²) in [4.78, 5) is 0. The van der Waals surface area contributed by atoms with Crippen molar-refractivity contribution >= 4 is 0 Å². The maximum atomic E-state index is 9.37. The normalized spacial score (nSPS) is 47.6. The van der Waals surface area contributed by atoms with E-state index in [1.807, 2.05) is 0 Å². The largest absolute Gasteiger partial charge is 0.396 e. The van der Waals surface area contributed by atoms with Crippen LogP contribution in [0.2, 0.25) is 0 Å². The Labute approximate surface area is 94.3 Å². The maximum Gasteiger partial charge on any atom is 0.0459 e. The van der Waals surface area contributed by atoms with Crippen molar-refractivity contribution in [2.75, 3.05) is 6.61 Å². The average molecular weight is 210 g/mol. The van der Waals surface area contributed by atoms with E-state index in [4.69, 9.17) is 0 Å². The minimum atomic E-state index is 0.376. The molecule has 15 heavy (non-hydrogen) atoms. The summed E-state index contributed by atoms with van der Waals surface area (Å²) in [5.74, 6) is 3.13. The van der Waals surface area contributed by atoms with Gasteiger partial charge in [0.05, 0.1) is 0 Å². The van der Waals surface area contributed by atoms with E-state index in [2.05, 4.69) is 20.8 Å². The molecule has 0 aliphatic heterocycles. The quantitative estimate of drug-likeness (QED) is 0.740. The molecule has 2 aliphatic rings. The summed E-state index contributed by atoms with van der Waals surface area (Å²) in [7, 11) is 0. The molecule has 0 saturated heterocycles. The minimum Gasteiger partial charge on any atom is -0.396 e. The third-order valence-corrected chi connectivity index (χ3v) is 5.52. The Kier molecular flexibility index (Phi) is 3.12. The molecule has 1 heteroatoms. The first-order valence-corrected chi connectivity index (χ1v) is 6.70. The van der Waals surface area contributed by atoms with Crippen molar-refractivity contribution in [1.29, 1.82) is 0 Å². The molecule has 0 aromatic carbocycles. The molecular weight excluding hydrogens is 184 g/mol. The molecule has 0 aromatic heterocycles. The number of hydrogen-bond donors (Lipinski definition) is 1. The Morgan fingerprint density at radius 2 is 2.07 bits per heavy atom. The molecule has 0 aromatic rings. The number of aliphatic hydroxyl groups is 1. The summed E-state index contributed by atoms with van der Waals surface area (Å²) in [5.41, 5.74) is 0.541. The van der Waals surface area contributed by atoms with Crippen LogP contribution < -0.4 is 0 Å². The molecule has 1 nitrogen and oxygen atoms in total. The van der Waals surface area contributed by atoms with Crippen molar-refractivity contribution in [1.82, 2.24) is 0 Å². The molecule has 0 heterocycles. The van der Waals surface area contributed by atoms with Crippen molar-refractivity contribution in [3.63, 3.8) is 0 Å². The van der Waals surface area contributed by atoms with Gasteiger partial charge in [0.1, 0.15) is 0 Å². The van der Waals surface area contributed by atoms with E-state index in [1.54, 1.807) is 0 Å². The van der Waals surface area contributed by atoms with Gasteiger partial charge in [-0.1, -0.05) is 33.6 Å². The van der Waals surface area contributed by atoms with Crippen molar-refractivity contribution in [3.8, 4) is 0 Å². The van der Waals surface area contributed by atoms with Crippen LogP contribution in [0, 0.1) is 29.1 Å². The second-order valence-corrected chi connectivity index (χ2v) is 6.33. The minimum absolute atomic E-state index is 0.376. The van der Waals surface area contributed by atoms with E-state index in [0.29, 0.717) is 17.9 Å². The standard InChI is InChI=1S/C14H26O/c1-10-5-4-8-14(3)12(10)6-7-13(14)11(2)9-15/h10-13,15H,4-9H2,1-3H3/t10-,11-,12?,13?,14-/m0/s1. The van der Waals surface area contributed by atoms with Gasteiger partial charge in [-0.2, -0.15) is 0 Å². The van der Waals surface area contributed by atoms with Crippen LogP contribution in [0.5, 0.6) is 0 Å². The first-order chi connectivity index (χ1) is 7.09. The topological polar surface area (TPSA) is 20.2 Å². The second kappa shape index (κ2) is 4.08. The summed E-state index contributed by atoms with van der Waals surface area (Å²) in [5, 5.41) is 9.37. The van der Waals surface area contributed by atoms with Crippen molar-refractivity contribution in [3.05, 3.63) is 0 Å². The second-order valence-electron chi connectivity index (χ2n) is 6.33. The van der Waals surface area contributed by atoms with E-state index >= 15 is 0 Å². The Balaban J connectivity index is 2.17. The van der Waals surface area contributed by atoms with E-state index in [-0.39, 0.29) is 0 Å². The van der Waals surface area contributed by atoms with Crippen LogP contribution in [-0.4, -0.2) is 11.7 Å². The Hall–Kier alpha value is -0.0400. The zero-order valence-corrected chi connectivity index (χ0v) is 10.5. The summed E-state index contributed by atoms with van der Waals surface area (Å²) in [6, 6.07) is 0. The number of aliphatic hydroxyl groups excluding tert-OH is 1. The first-order valence-electron chi connectivity index (χ1n) is 6.70. The fourth-order valence-corrected chi connectivity index (χ4v) is 4.67. The highest BCUT2D eigenvalue weighted by molar-refractivity contribution is 5.00. The molecule has 2 fully saturated rings. The zero-order chi connectivity index (χ0) is 11.1. The third kappa shape index (κ3) is 1.73. The van der Waals surface area contributed by atoms with Crippen LogP contribution >= 0.6 is 0 Å². The molecule has 0 bridgehead atoms. The molecular formula is C14H26O. The third-order valence-electron chi connectivity index (χ3n) is 5.52. The number of hydrogen-bond acceptors (Lipinski definition) is 1. The van der Waals surface area contributed by atoms with Gasteiger partial charge in [-0.05, 0) is 48.3 Å². The summed E-state index contributed by atoms with van der Waals surface area (Å²) in [6.07, 6.45) is 7.00. The highest BCUT2D eigenvalue weighted by Gasteiger charge is 2.51. The van der Waals surface area contributed by atoms with E-state index in [9.17, 15) is 5.11 Å². The Bertz CT molecular complexity index is 225. The SMILES string of the molecule is C[C@@H](CO)C1CCC2[C@@H](C)CCC[C@]12C. The monoisotopic (exact) mass is 210 g/mol. The van der Waals surface area contributed by atoms with E-state index < -0.39 is 0 Å². The van der Waals surface area contributed by atoms with Gasteiger partial charge in [0, 0.05) is 6.61 Å². The van der Waals surface area contributed by atoms with Gasteiger partial charge in [-0.3, -0.25) is 0 Å². The average Bonchev–Trinajstić information content (AvgIpc) is 2.56. The fraction of sp³-hybridized carbons (Fsp3) is 1.00. The smallest absolute Gasteiger partial charge is 0.0459 e. The van der Waals surface area contributed by atoms with Gasteiger partial charge in [-0.25, -0.2) is 0 Å². The van der Waals surface area contributed by atoms with Crippen molar-refractivity contribution in [2.24, 2.45) is 29.1 Å². The summed E-state index contributed by atoms with van der Waals surface area (Å²) < 4.78 is 0. The van der Waals surface area contributed by atoms with Crippen LogP contribution in [0.4, 0.5) is 0 Å². The lowest BCUT2D eigenvalue weighted by Crippen LogP contribution is -2.38. The predicted molar refractivity (Wildman–Crippen MR) is 63.6 cm³/mol. The van der Waals surface area contributed by atoms with Gasteiger partial charge in [-0.15, -0.1) is 0 Å². The Morgan fingerprint density at radius 1 is 1.33 bits per heavy atom. The molecule has 2 saturated carbocycles. The zero-order valence-electron chi connectivity index (χ0n) is 10.5. The molecule has 2 rings (SSSR count). The summed E-state index contributed by atoms with van der Waals surface area (Å²) >= 11 is 0. The van der Waals surface area contributed by atoms with Crippen LogP contribution in [0.15, 0.2) is 0 Å². The van der Waals surface area contributed by atoms with Gasteiger partial charge in [0.2, 0.25) is 0 Å². The Morgan fingerprint density at radius 3 is 2.73 bits per heavy atom. The highest BCUT2D eigenvalue weighted by Crippen LogP contribution is 2.59. The molecule has 2 aliphatic carbocycles. The molecule has 1 N–H and O–H groups in total. The maximum absolute atomic E-state index is 9.37. The van der Waals surface area contributed by atoms with Gasteiger partial charge >= 0.3 is 0 Å². The lowest BCUT2D eigenvalue weighted by molar-refractivity contribution is 0.0229. The van der Waals surface area contributed by atoms with E-state index in [0.717, 1.165) is 17.8 Å². The molecule has 0 amide bonds. The fourth-order valence-electron chi connectivity index (χ4n) is 4.67. The summed E-state index contributed by atoms with van der Waals surface area (Å²) in [6.45, 7) is 7.55. The lowest BCUT2D eigenvalue weighted by atomic mass is 9.60. The van der Waals surface area contributed by atoms with Gasteiger partial charge < -0.3 is 5.11 Å². The van der Waals surface area contributed by atoms with Gasteiger partial charge in [0.15, 0.2) is 0 Å². The number of rotatable bonds is 2. The first kappa shape index (κ1) is 11.4. The highest BCUT2D eigenvalue weighted by atomic mass is 16.3. The van der Waals surface area contributed by atoms with Crippen LogP contribution in [0.3, 0.4) is 0 Å². The van der Waals surface area contributed by atoms with Crippen LogP contribution in [-0.2, 0) is 0 Å². The van der Waals surface area contributed by atoms with Crippen LogP contribution in [0.1, 0.15) is 52.9 Å². The number of fused-ring (bicyclic) bond motifs is 1. The molecule has 0 radical (unpaired) electrons. The molecule has 0 spiro atoms. The van der Waals surface area contributed by atoms with Crippen LogP contribution in [0.25, 0.3) is 0 Å². The lowest BCUT2D eigenvalue weighted by Gasteiger charge is -2.45. The van der Waals surface area contributed by atoms with Gasteiger partial charge in [0.25, 0.3) is 0 Å².